The normalized spacial score (nSPS) is 22.1. The van der Waals surface area contributed by atoms with Crippen molar-refractivity contribution in [3.05, 3.63) is 59.0 Å². The van der Waals surface area contributed by atoms with Gasteiger partial charge >= 0.3 is 0 Å². The summed E-state index contributed by atoms with van der Waals surface area (Å²) >= 11 is 0. The van der Waals surface area contributed by atoms with E-state index < -0.39 is 0 Å². The summed E-state index contributed by atoms with van der Waals surface area (Å²) in [4.78, 5) is 6.71. The Morgan fingerprint density at radius 3 is 2.38 bits per heavy atom. The van der Waals surface area contributed by atoms with E-state index in [1.807, 2.05) is 25.3 Å². The van der Waals surface area contributed by atoms with Gasteiger partial charge in [-0.05, 0) is 74.7 Å². The van der Waals surface area contributed by atoms with E-state index in [1.165, 1.54) is 28.0 Å². The number of allylic oxidation sites excluding steroid dienone is 7. The number of likely N-dealkylation sites (N-methyl/N-ethyl adjacent to an activating group) is 1. The first kappa shape index (κ1) is 22.2. The predicted molar refractivity (Wildman–Crippen MR) is 117 cm³/mol. The first-order valence-corrected chi connectivity index (χ1v) is 9.73. The van der Waals surface area contributed by atoms with Crippen LogP contribution in [-0.2, 0) is 0 Å². The summed E-state index contributed by atoms with van der Waals surface area (Å²) in [6, 6.07) is 0. The van der Waals surface area contributed by atoms with Crippen molar-refractivity contribution < 1.29 is 0 Å². The maximum Gasteiger partial charge on any atom is 0.105 e. The summed E-state index contributed by atoms with van der Waals surface area (Å²) in [5.41, 5.74) is 7.07. The van der Waals surface area contributed by atoms with Crippen molar-refractivity contribution in [1.82, 2.24) is 4.90 Å². The average molecular weight is 355 g/mol. The molecule has 0 saturated heterocycles. The number of nitrogens with zero attached hydrogens (tertiary/aromatic N) is 2. The van der Waals surface area contributed by atoms with E-state index in [-0.39, 0.29) is 0 Å². The number of hydrogen-bond donors (Lipinski definition) is 0. The van der Waals surface area contributed by atoms with Crippen LogP contribution in [0.3, 0.4) is 0 Å². The standard InChI is InChI=1S/C24H38N2/c1-11-14-25-20(7)26(10)22(17(4)12-2)15-21(13-3)23-18(5)16-24(8,9)19(23)6/h11,13-15,19H,3,12,16H2,1-2,4-10H3/b14-11-,21-15+,22-17+,25-20+. The first-order chi connectivity index (χ1) is 12.1. The van der Waals surface area contributed by atoms with Gasteiger partial charge in [-0.2, -0.15) is 0 Å². The largest absolute Gasteiger partial charge is 0.333 e. The molecule has 0 N–H and O–H groups in total. The van der Waals surface area contributed by atoms with Crippen LogP contribution >= 0.6 is 0 Å². The number of aliphatic imine (C=N–C) groups is 1. The molecular formula is C24H38N2. The molecule has 144 valence electrons. The minimum absolute atomic E-state index is 0.306. The Kier molecular flexibility index (Phi) is 7.87. The Hall–Kier alpha value is -1.83. The third kappa shape index (κ3) is 4.87. The van der Waals surface area contributed by atoms with Gasteiger partial charge in [0.2, 0.25) is 0 Å². The summed E-state index contributed by atoms with van der Waals surface area (Å²) < 4.78 is 0. The fourth-order valence-corrected chi connectivity index (χ4v) is 3.71. The average Bonchev–Trinajstić information content (AvgIpc) is 2.80. The monoisotopic (exact) mass is 354 g/mol. The second kappa shape index (κ2) is 9.21. The van der Waals surface area contributed by atoms with Crippen molar-refractivity contribution in [2.45, 2.75) is 68.2 Å². The third-order valence-electron chi connectivity index (χ3n) is 5.83. The van der Waals surface area contributed by atoms with Crippen molar-refractivity contribution in [1.29, 1.82) is 0 Å². The molecule has 1 aliphatic carbocycles. The van der Waals surface area contributed by atoms with Gasteiger partial charge in [-0.3, -0.25) is 0 Å². The number of amidine groups is 1. The van der Waals surface area contributed by atoms with E-state index in [0.717, 1.165) is 18.7 Å². The molecule has 2 heteroatoms. The molecule has 0 saturated carbocycles. The third-order valence-corrected chi connectivity index (χ3v) is 5.83. The number of rotatable bonds is 6. The highest BCUT2D eigenvalue weighted by atomic mass is 15.2. The molecule has 2 nitrogen and oxygen atoms in total. The van der Waals surface area contributed by atoms with E-state index in [1.54, 1.807) is 0 Å². The molecule has 0 bridgehead atoms. The van der Waals surface area contributed by atoms with Crippen LogP contribution in [0.2, 0.25) is 0 Å². The highest BCUT2D eigenvalue weighted by Crippen LogP contribution is 2.48. The minimum Gasteiger partial charge on any atom is -0.333 e. The molecule has 1 rings (SSSR count). The van der Waals surface area contributed by atoms with Crippen LogP contribution in [0.4, 0.5) is 0 Å². The van der Waals surface area contributed by atoms with E-state index in [9.17, 15) is 0 Å². The summed E-state index contributed by atoms with van der Waals surface area (Å²) in [5.74, 6) is 1.51. The lowest BCUT2D eigenvalue weighted by Gasteiger charge is -2.27. The first-order valence-electron chi connectivity index (χ1n) is 9.73. The fraction of sp³-hybridized carbons (Fsp3) is 0.542. The van der Waals surface area contributed by atoms with Crippen molar-refractivity contribution >= 4 is 5.84 Å². The van der Waals surface area contributed by atoms with E-state index in [4.69, 9.17) is 0 Å². The molecule has 1 aliphatic rings. The van der Waals surface area contributed by atoms with Gasteiger partial charge in [0.15, 0.2) is 0 Å². The van der Waals surface area contributed by atoms with Gasteiger partial charge in [0.05, 0.1) is 0 Å². The zero-order chi connectivity index (χ0) is 20.1. The fourth-order valence-electron chi connectivity index (χ4n) is 3.71. The Morgan fingerprint density at radius 2 is 1.96 bits per heavy atom. The lowest BCUT2D eigenvalue weighted by atomic mass is 9.78. The molecule has 1 unspecified atom stereocenters. The van der Waals surface area contributed by atoms with Crippen LogP contribution in [0.1, 0.15) is 68.2 Å². The molecule has 0 spiro atoms. The van der Waals surface area contributed by atoms with Gasteiger partial charge < -0.3 is 4.90 Å². The summed E-state index contributed by atoms with van der Waals surface area (Å²) in [6.45, 7) is 21.9. The van der Waals surface area contributed by atoms with Crippen molar-refractivity contribution in [2.24, 2.45) is 16.3 Å². The van der Waals surface area contributed by atoms with Crippen molar-refractivity contribution in [3.8, 4) is 0 Å². The smallest absolute Gasteiger partial charge is 0.105 e. The Bertz CT molecular complexity index is 681. The summed E-state index contributed by atoms with van der Waals surface area (Å²) in [6.07, 6.45) is 10.3. The molecule has 0 fully saturated rings. The SMILES string of the molecule is C=C/C(=C\C(=C(\C)CC)N(C)/C(C)=N/C=C\C)C1=C(C)CC(C)(C)C1C. The van der Waals surface area contributed by atoms with E-state index >= 15 is 0 Å². The van der Waals surface area contributed by atoms with Gasteiger partial charge in [0.25, 0.3) is 0 Å². The molecule has 0 aromatic heterocycles. The van der Waals surface area contributed by atoms with Gasteiger partial charge in [-0.25, -0.2) is 4.99 Å². The topological polar surface area (TPSA) is 15.6 Å². The van der Waals surface area contributed by atoms with Crippen molar-refractivity contribution in [3.63, 3.8) is 0 Å². The van der Waals surface area contributed by atoms with E-state index in [0.29, 0.717) is 11.3 Å². The number of hydrogen-bond acceptors (Lipinski definition) is 1. The molecular weight excluding hydrogens is 316 g/mol. The lowest BCUT2D eigenvalue weighted by molar-refractivity contribution is 0.294. The second-order valence-electron chi connectivity index (χ2n) is 8.12. The molecule has 0 aliphatic heterocycles. The van der Waals surface area contributed by atoms with Crippen LogP contribution in [-0.4, -0.2) is 17.8 Å². The van der Waals surface area contributed by atoms with Gasteiger partial charge in [0, 0.05) is 18.9 Å². The summed E-state index contributed by atoms with van der Waals surface area (Å²) in [5, 5.41) is 0. The van der Waals surface area contributed by atoms with Gasteiger partial charge in [-0.1, -0.05) is 52.0 Å². The van der Waals surface area contributed by atoms with Crippen LogP contribution in [0.5, 0.6) is 0 Å². The highest BCUT2D eigenvalue weighted by molar-refractivity contribution is 5.82. The second-order valence-corrected chi connectivity index (χ2v) is 8.12. The zero-order valence-corrected chi connectivity index (χ0v) is 18.4. The van der Waals surface area contributed by atoms with Crippen LogP contribution < -0.4 is 0 Å². The Balaban J connectivity index is 3.45. The Morgan fingerprint density at radius 1 is 1.35 bits per heavy atom. The highest BCUT2D eigenvalue weighted by Gasteiger charge is 2.36. The minimum atomic E-state index is 0.306. The van der Waals surface area contributed by atoms with Crippen LogP contribution in [0, 0.1) is 11.3 Å². The maximum absolute atomic E-state index is 4.52. The molecule has 1 atom stereocenters. The predicted octanol–water partition coefficient (Wildman–Crippen LogP) is 7.05. The maximum atomic E-state index is 4.52. The molecule has 0 heterocycles. The lowest BCUT2D eigenvalue weighted by Crippen LogP contribution is -2.24. The molecule has 0 radical (unpaired) electrons. The molecule has 0 amide bonds. The molecule has 26 heavy (non-hydrogen) atoms. The van der Waals surface area contributed by atoms with Crippen molar-refractivity contribution in [2.75, 3.05) is 7.05 Å². The quantitative estimate of drug-likeness (QED) is 0.283. The zero-order valence-electron chi connectivity index (χ0n) is 18.4. The molecule has 0 aromatic carbocycles. The van der Waals surface area contributed by atoms with Gasteiger partial charge in [0.1, 0.15) is 5.84 Å². The summed E-state index contributed by atoms with van der Waals surface area (Å²) in [7, 11) is 2.09. The van der Waals surface area contributed by atoms with E-state index in [2.05, 4.69) is 78.1 Å². The van der Waals surface area contributed by atoms with Crippen LogP contribution in [0.15, 0.2) is 64.0 Å². The van der Waals surface area contributed by atoms with Gasteiger partial charge in [-0.15, -0.1) is 0 Å². The van der Waals surface area contributed by atoms with Crippen LogP contribution in [0.25, 0.3) is 0 Å². The Labute approximate surface area is 161 Å². The molecule has 0 aromatic rings.